The maximum absolute atomic E-state index is 13.8. The summed E-state index contributed by atoms with van der Waals surface area (Å²) in [4.78, 5) is 30.7. The van der Waals surface area contributed by atoms with Crippen LogP contribution in [0.3, 0.4) is 0 Å². The summed E-state index contributed by atoms with van der Waals surface area (Å²) in [6.07, 6.45) is 4.44. The van der Waals surface area contributed by atoms with E-state index in [0.29, 0.717) is 11.6 Å². The minimum absolute atomic E-state index is 0.0188. The van der Waals surface area contributed by atoms with Crippen LogP contribution in [0.4, 0.5) is 5.69 Å². The van der Waals surface area contributed by atoms with Gasteiger partial charge in [0.15, 0.2) is 0 Å². The van der Waals surface area contributed by atoms with Gasteiger partial charge in [0.2, 0.25) is 9.84 Å². The average molecular weight is 582 g/mol. The summed E-state index contributed by atoms with van der Waals surface area (Å²) < 4.78 is 27.4. The van der Waals surface area contributed by atoms with Crippen LogP contribution in [0, 0.1) is 0 Å². The Balaban J connectivity index is 1.65. The Morgan fingerprint density at radius 1 is 0.900 bits per heavy atom. The van der Waals surface area contributed by atoms with E-state index in [1.165, 1.54) is 35.2 Å². The van der Waals surface area contributed by atoms with Gasteiger partial charge in [0.25, 0.3) is 11.8 Å². The van der Waals surface area contributed by atoms with Crippen LogP contribution in [0.2, 0.25) is 5.02 Å². The van der Waals surface area contributed by atoms with Gasteiger partial charge in [-0.2, -0.15) is 0 Å². The number of anilines is 1. The van der Waals surface area contributed by atoms with E-state index in [-0.39, 0.29) is 39.1 Å². The SMILES string of the molecule is CCCCN(CCCC)CCNC(=O)c1ccc2c(c1)N(Cc1cccc(Cl)c1)C(=O)c1ccccc1S2(=O)=O. The lowest BCUT2D eigenvalue weighted by Crippen LogP contribution is -2.36. The van der Waals surface area contributed by atoms with Crippen molar-refractivity contribution in [2.45, 2.75) is 55.9 Å². The number of sulfone groups is 1. The third-order valence-corrected chi connectivity index (χ3v) is 9.15. The van der Waals surface area contributed by atoms with E-state index < -0.39 is 15.7 Å². The van der Waals surface area contributed by atoms with Gasteiger partial charge in [-0.1, -0.05) is 62.6 Å². The van der Waals surface area contributed by atoms with E-state index in [1.54, 1.807) is 30.3 Å². The second-order valence-electron chi connectivity index (χ2n) is 10.0. The minimum atomic E-state index is -4.02. The average Bonchev–Trinajstić information content (AvgIpc) is 3.02. The minimum Gasteiger partial charge on any atom is -0.351 e. The highest BCUT2D eigenvalue weighted by Gasteiger charge is 2.36. The third-order valence-electron chi connectivity index (χ3n) is 7.05. The van der Waals surface area contributed by atoms with Crippen molar-refractivity contribution in [1.82, 2.24) is 10.2 Å². The number of hydrogen-bond donors (Lipinski definition) is 1. The summed E-state index contributed by atoms with van der Waals surface area (Å²) >= 11 is 6.20. The number of halogens is 1. The van der Waals surface area contributed by atoms with Crippen LogP contribution in [0.15, 0.2) is 76.5 Å². The van der Waals surface area contributed by atoms with Gasteiger partial charge in [-0.05, 0) is 74.0 Å². The molecule has 4 rings (SSSR count). The molecule has 0 saturated carbocycles. The van der Waals surface area contributed by atoms with Crippen molar-refractivity contribution in [2.75, 3.05) is 31.1 Å². The van der Waals surface area contributed by atoms with E-state index in [4.69, 9.17) is 11.6 Å². The summed E-state index contributed by atoms with van der Waals surface area (Å²) in [5.41, 5.74) is 1.28. The summed E-state index contributed by atoms with van der Waals surface area (Å²) in [6.45, 7) is 7.60. The van der Waals surface area contributed by atoms with Gasteiger partial charge in [0.1, 0.15) is 0 Å². The molecule has 212 valence electrons. The van der Waals surface area contributed by atoms with Gasteiger partial charge in [-0.15, -0.1) is 0 Å². The fourth-order valence-corrected chi connectivity index (χ4v) is 6.70. The van der Waals surface area contributed by atoms with Crippen molar-refractivity contribution in [3.05, 3.63) is 88.4 Å². The number of unbranched alkanes of at least 4 members (excludes halogenated alkanes) is 2. The number of benzene rings is 3. The molecule has 0 saturated heterocycles. The molecule has 0 atom stereocenters. The third kappa shape index (κ3) is 6.74. The second-order valence-corrected chi connectivity index (χ2v) is 12.3. The molecule has 1 aliphatic heterocycles. The number of rotatable bonds is 12. The highest BCUT2D eigenvalue weighted by Crippen LogP contribution is 2.38. The summed E-state index contributed by atoms with van der Waals surface area (Å²) in [5, 5.41) is 3.48. The molecular weight excluding hydrogens is 546 g/mol. The maximum atomic E-state index is 13.8. The molecular formula is C31H36ClN3O4S. The molecule has 7 nitrogen and oxygen atoms in total. The molecule has 40 heavy (non-hydrogen) atoms. The fourth-order valence-electron chi connectivity index (χ4n) is 4.85. The normalized spacial score (nSPS) is 14.0. The smallest absolute Gasteiger partial charge is 0.259 e. The van der Waals surface area contributed by atoms with Crippen LogP contribution in [0.1, 0.15) is 65.8 Å². The summed E-state index contributed by atoms with van der Waals surface area (Å²) in [5.74, 6) is -0.777. The number of carbonyl (C=O) groups is 2. The Morgan fingerprint density at radius 2 is 1.62 bits per heavy atom. The first-order valence-corrected chi connectivity index (χ1v) is 15.7. The zero-order chi connectivity index (χ0) is 28.7. The Kier molecular flexibility index (Phi) is 10.0. The van der Waals surface area contributed by atoms with Gasteiger partial charge >= 0.3 is 0 Å². The van der Waals surface area contributed by atoms with E-state index in [1.807, 2.05) is 6.07 Å². The van der Waals surface area contributed by atoms with Crippen molar-refractivity contribution in [2.24, 2.45) is 0 Å². The summed E-state index contributed by atoms with van der Waals surface area (Å²) in [6, 6.07) is 17.7. The van der Waals surface area contributed by atoms with Crippen LogP contribution in [0.5, 0.6) is 0 Å². The molecule has 0 aromatic heterocycles. The van der Waals surface area contributed by atoms with Crippen molar-refractivity contribution >= 4 is 38.9 Å². The topological polar surface area (TPSA) is 86.8 Å². The Hall–Kier alpha value is -3.20. The zero-order valence-electron chi connectivity index (χ0n) is 23.0. The van der Waals surface area contributed by atoms with Crippen molar-refractivity contribution in [1.29, 1.82) is 0 Å². The number of amides is 2. The van der Waals surface area contributed by atoms with Crippen molar-refractivity contribution < 1.29 is 18.0 Å². The Morgan fingerprint density at radius 3 is 2.33 bits per heavy atom. The van der Waals surface area contributed by atoms with Crippen LogP contribution in [-0.2, 0) is 16.4 Å². The van der Waals surface area contributed by atoms with E-state index >= 15 is 0 Å². The zero-order valence-corrected chi connectivity index (χ0v) is 24.6. The lowest BCUT2D eigenvalue weighted by atomic mass is 10.1. The number of nitrogens with zero attached hydrogens (tertiary/aromatic N) is 2. The molecule has 1 N–H and O–H groups in total. The second kappa shape index (κ2) is 13.4. The number of fused-ring (bicyclic) bond motifs is 2. The van der Waals surface area contributed by atoms with Gasteiger partial charge < -0.3 is 15.1 Å². The Labute approximate surface area is 242 Å². The molecule has 9 heteroatoms. The predicted octanol–water partition coefficient (Wildman–Crippen LogP) is 5.97. The number of hydrogen-bond acceptors (Lipinski definition) is 5. The largest absolute Gasteiger partial charge is 0.351 e. The molecule has 0 spiro atoms. The standard InChI is InChI=1S/C31H36ClN3O4S/c1-3-5-17-34(18-6-4-2)19-16-33-30(36)24-14-15-29-27(21-24)35(22-23-10-9-11-25(32)20-23)31(37)26-12-7-8-13-28(26)40(29,38)39/h7-15,20-21H,3-6,16-19,22H2,1-2H3,(H,33,36). The molecule has 0 fully saturated rings. The number of carbonyl (C=O) groups excluding carboxylic acids is 2. The van der Waals surface area contributed by atoms with Crippen LogP contribution >= 0.6 is 11.6 Å². The highest BCUT2D eigenvalue weighted by atomic mass is 35.5. The van der Waals surface area contributed by atoms with Crippen LogP contribution in [0.25, 0.3) is 0 Å². The van der Waals surface area contributed by atoms with E-state index in [2.05, 4.69) is 24.1 Å². The maximum Gasteiger partial charge on any atom is 0.259 e. The van der Waals surface area contributed by atoms with Gasteiger partial charge in [0, 0.05) is 23.7 Å². The molecule has 2 amide bonds. The molecule has 1 aliphatic rings. The molecule has 3 aromatic carbocycles. The highest BCUT2D eigenvalue weighted by molar-refractivity contribution is 7.91. The first kappa shape index (κ1) is 29.8. The first-order chi connectivity index (χ1) is 19.3. The van der Waals surface area contributed by atoms with Crippen LogP contribution in [-0.4, -0.2) is 51.3 Å². The lowest BCUT2D eigenvalue weighted by molar-refractivity contribution is 0.0944. The molecule has 0 bridgehead atoms. The number of nitrogens with one attached hydrogen (secondary N) is 1. The van der Waals surface area contributed by atoms with Crippen molar-refractivity contribution in [3.63, 3.8) is 0 Å². The molecule has 3 aromatic rings. The van der Waals surface area contributed by atoms with E-state index in [0.717, 1.165) is 50.9 Å². The molecule has 0 radical (unpaired) electrons. The van der Waals surface area contributed by atoms with Crippen LogP contribution < -0.4 is 10.2 Å². The lowest BCUT2D eigenvalue weighted by Gasteiger charge is -2.24. The monoisotopic (exact) mass is 581 g/mol. The first-order valence-electron chi connectivity index (χ1n) is 13.8. The predicted molar refractivity (Wildman–Crippen MR) is 159 cm³/mol. The van der Waals surface area contributed by atoms with Gasteiger partial charge in [-0.3, -0.25) is 9.59 Å². The fraction of sp³-hybridized carbons (Fsp3) is 0.355. The quantitative estimate of drug-likeness (QED) is 0.285. The molecule has 0 unspecified atom stereocenters. The van der Waals surface area contributed by atoms with Gasteiger partial charge in [0.05, 0.1) is 27.6 Å². The van der Waals surface area contributed by atoms with E-state index in [9.17, 15) is 18.0 Å². The Bertz CT molecular complexity index is 1470. The van der Waals surface area contributed by atoms with Crippen molar-refractivity contribution in [3.8, 4) is 0 Å². The molecule has 0 aliphatic carbocycles. The summed E-state index contributed by atoms with van der Waals surface area (Å²) in [7, 11) is -4.02. The van der Waals surface area contributed by atoms with Gasteiger partial charge in [-0.25, -0.2) is 8.42 Å². The molecule has 1 heterocycles.